The van der Waals surface area contributed by atoms with Crippen molar-refractivity contribution >= 4 is 28.3 Å². The molecule has 0 atom stereocenters. The van der Waals surface area contributed by atoms with Gasteiger partial charge in [0.25, 0.3) is 0 Å². The molecule has 1 aromatic carbocycles. The molecule has 0 spiro atoms. The number of H-pyrrole nitrogens is 1. The van der Waals surface area contributed by atoms with Gasteiger partial charge < -0.3 is 10.3 Å². The van der Waals surface area contributed by atoms with Crippen LogP contribution in [0.2, 0.25) is 5.02 Å². The average molecular weight is 237 g/mol. The summed E-state index contributed by atoms with van der Waals surface area (Å²) in [5, 5.41) is 4.40. The number of likely N-dealkylation sites (N-methyl/N-ethyl adjacent to an activating group) is 1. The number of carbonyl (C=O) groups is 1. The second-order valence-corrected chi connectivity index (χ2v) is 4.15. The van der Waals surface area contributed by atoms with Crippen molar-refractivity contribution in [1.82, 2.24) is 10.3 Å². The fourth-order valence-electron chi connectivity index (χ4n) is 1.92. The van der Waals surface area contributed by atoms with E-state index in [1.807, 2.05) is 25.1 Å². The summed E-state index contributed by atoms with van der Waals surface area (Å²) in [6, 6.07) is 5.58. The fraction of sp³-hybridized carbons (Fsp3) is 0.250. The summed E-state index contributed by atoms with van der Waals surface area (Å²) < 4.78 is 0. The molecule has 0 saturated heterocycles. The van der Waals surface area contributed by atoms with Crippen LogP contribution >= 0.6 is 11.6 Å². The number of ketones is 1. The van der Waals surface area contributed by atoms with E-state index in [-0.39, 0.29) is 5.78 Å². The molecule has 1 aromatic heterocycles. The minimum absolute atomic E-state index is 0.0773. The number of nitrogens with one attached hydrogen (secondary N) is 2. The van der Waals surface area contributed by atoms with Crippen LogP contribution in [0.5, 0.6) is 0 Å². The Morgan fingerprint density at radius 3 is 2.94 bits per heavy atom. The van der Waals surface area contributed by atoms with Crippen LogP contribution in [0.3, 0.4) is 0 Å². The van der Waals surface area contributed by atoms with Crippen LogP contribution in [0.4, 0.5) is 0 Å². The van der Waals surface area contributed by atoms with Crippen molar-refractivity contribution in [3.8, 4) is 0 Å². The van der Waals surface area contributed by atoms with E-state index in [1.165, 1.54) is 0 Å². The van der Waals surface area contributed by atoms with Gasteiger partial charge in [0.05, 0.1) is 17.1 Å². The summed E-state index contributed by atoms with van der Waals surface area (Å²) >= 11 is 6.07. The van der Waals surface area contributed by atoms with Crippen molar-refractivity contribution in [3.05, 3.63) is 34.5 Å². The molecule has 0 bridgehead atoms. The van der Waals surface area contributed by atoms with Gasteiger partial charge in [0.1, 0.15) is 0 Å². The van der Waals surface area contributed by atoms with Crippen LogP contribution in [0, 0.1) is 6.92 Å². The zero-order valence-corrected chi connectivity index (χ0v) is 9.98. The third kappa shape index (κ3) is 1.72. The van der Waals surface area contributed by atoms with Crippen molar-refractivity contribution in [3.63, 3.8) is 0 Å². The summed E-state index contributed by atoms with van der Waals surface area (Å²) in [5.74, 6) is 0.0773. The molecule has 2 aromatic rings. The lowest BCUT2D eigenvalue weighted by Crippen LogP contribution is -2.18. The van der Waals surface area contributed by atoms with Crippen molar-refractivity contribution in [1.29, 1.82) is 0 Å². The quantitative estimate of drug-likeness (QED) is 0.805. The number of para-hydroxylation sites is 1. The zero-order valence-electron chi connectivity index (χ0n) is 9.23. The summed E-state index contributed by atoms with van der Waals surface area (Å²) in [4.78, 5) is 15.1. The minimum atomic E-state index is 0.0773. The smallest absolute Gasteiger partial charge is 0.179 e. The Balaban J connectivity index is 2.65. The van der Waals surface area contributed by atoms with E-state index in [1.54, 1.807) is 7.05 Å². The minimum Gasteiger partial charge on any atom is -0.357 e. The number of rotatable bonds is 3. The Hall–Kier alpha value is -1.32. The summed E-state index contributed by atoms with van der Waals surface area (Å²) in [6.07, 6.45) is 0. The van der Waals surface area contributed by atoms with Crippen molar-refractivity contribution < 1.29 is 4.79 Å². The first kappa shape index (κ1) is 11.2. The molecule has 3 nitrogen and oxygen atoms in total. The van der Waals surface area contributed by atoms with E-state index < -0.39 is 0 Å². The lowest BCUT2D eigenvalue weighted by Gasteiger charge is -2.00. The van der Waals surface area contributed by atoms with Gasteiger partial charge in [-0.25, -0.2) is 0 Å². The lowest BCUT2D eigenvalue weighted by molar-refractivity contribution is 0.0994. The average Bonchev–Trinajstić information content (AvgIpc) is 2.56. The van der Waals surface area contributed by atoms with Gasteiger partial charge in [0.15, 0.2) is 5.78 Å². The molecular weight excluding hydrogens is 224 g/mol. The van der Waals surface area contributed by atoms with Crippen LogP contribution in [-0.2, 0) is 0 Å². The number of aryl methyl sites for hydroxylation is 1. The highest BCUT2D eigenvalue weighted by Crippen LogP contribution is 2.27. The Morgan fingerprint density at radius 2 is 2.25 bits per heavy atom. The van der Waals surface area contributed by atoms with Crippen LogP contribution < -0.4 is 5.32 Å². The number of benzene rings is 1. The lowest BCUT2D eigenvalue weighted by atomic mass is 10.1. The van der Waals surface area contributed by atoms with Gasteiger partial charge in [-0.1, -0.05) is 23.7 Å². The third-order valence-corrected chi connectivity index (χ3v) is 2.90. The molecule has 0 unspecified atom stereocenters. The van der Waals surface area contributed by atoms with Gasteiger partial charge in [-0.2, -0.15) is 0 Å². The maximum absolute atomic E-state index is 11.9. The number of halogens is 1. The molecule has 16 heavy (non-hydrogen) atoms. The molecule has 0 saturated carbocycles. The van der Waals surface area contributed by atoms with Crippen molar-refractivity contribution in [2.75, 3.05) is 13.6 Å². The first-order valence-corrected chi connectivity index (χ1v) is 5.47. The number of fused-ring (bicyclic) bond motifs is 1. The molecule has 0 radical (unpaired) electrons. The van der Waals surface area contributed by atoms with E-state index in [0.29, 0.717) is 11.6 Å². The Kier molecular flexibility index (Phi) is 2.99. The molecule has 0 aliphatic rings. The number of aromatic nitrogens is 1. The monoisotopic (exact) mass is 236 g/mol. The number of carbonyl (C=O) groups excluding carboxylic acids is 1. The SMILES string of the molecule is CNCC(=O)c1c(C)[nH]c2c(Cl)cccc12. The topological polar surface area (TPSA) is 44.9 Å². The maximum atomic E-state index is 11.9. The zero-order chi connectivity index (χ0) is 11.7. The number of hydrogen-bond acceptors (Lipinski definition) is 2. The van der Waals surface area contributed by atoms with E-state index >= 15 is 0 Å². The predicted molar refractivity (Wildman–Crippen MR) is 66.3 cm³/mol. The molecule has 0 amide bonds. The van der Waals surface area contributed by atoms with Gasteiger partial charge in [0, 0.05) is 16.6 Å². The molecule has 0 aliphatic heterocycles. The first-order valence-electron chi connectivity index (χ1n) is 5.09. The van der Waals surface area contributed by atoms with E-state index in [9.17, 15) is 4.79 Å². The maximum Gasteiger partial charge on any atom is 0.179 e. The van der Waals surface area contributed by atoms with E-state index in [0.717, 1.165) is 22.2 Å². The second kappa shape index (κ2) is 4.28. The molecule has 84 valence electrons. The largest absolute Gasteiger partial charge is 0.357 e. The molecule has 2 rings (SSSR count). The molecule has 1 heterocycles. The molecule has 4 heteroatoms. The Morgan fingerprint density at radius 1 is 1.50 bits per heavy atom. The van der Waals surface area contributed by atoms with Gasteiger partial charge in [-0.3, -0.25) is 4.79 Å². The van der Waals surface area contributed by atoms with Gasteiger partial charge in [0.2, 0.25) is 0 Å². The number of Topliss-reactive ketones (excluding diaryl/α,β-unsaturated/α-hetero) is 1. The van der Waals surface area contributed by atoms with Crippen LogP contribution in [0.1, 0.15) is 16.1 Å². The highest BCUT2D eigenvalue weighted by atomic mass is 35.5. The molecular formula is C12H13ClN2O. The Bertz CT molecular complexity index is 545. The van der Waals surface area contributed by atoms with E-state index in [4.69, 9.17) is 11.6 Å². The van der Waals surface area contributed by atoms with Crippen molar-refractivity contribution in [2.45, 2.75) is 6.92 Å². The summed E-state index contributed by atoms with van der Waals surface area (Å²) in [7, 11) is 1.76. The fourth-order valence-corrected chi connectivity index (χ4v) is 2.14. The molecule has 0 fully saturated rings. The second-order valence-electron chi connectivity index (χ2n) is 3.74. The third-order valence-electron chi connectivity index (χ3n) is 2.59. The van der Waals surface area contributed by atoms with Crippen molar-refractivity contribution in [2.24, 2.45) is 0 Å². The summed E-state index contributed by atoms with van der Waals surface area (Å²) in [6.45, 7) is 2.22. The highest BCUT2D eigenvalue weighted by Gasteiger charge is 2.16. The van der Waals surface area contributed by atoms with Crippen LogP contribution in [0.25, 0.3) is 10.9 Å². The van der Waals surface area contributed by atoms with Gasteiger partial charge in [-0.05, 0) is 20.0 Å². The van der Waals surface area contributed by atoms with Gasteiger partial charge in [-0.15, -0.1) is 0 Å². The van der Waals surface area contributed by atoms with Gasteiger partial charge >= 0.3 is 0 Å². The summed E-state index contributed by atoms with van der Waals surface area (Å²) in [5.41, 5.74) is 2.43. The highest BCUT2D eigenvalue weighted by molar-refractivity contribution is 6.35. The van der Waals surface area contributed by atoms with Crippen LogP contribution in [0.15, 0.2) is 18.2 Å². The molecule has 0 aliphatic carbocycles. The van der Waals surface area contributed by atoms with E-state index in [2.05, 4.69) is 10.3 Å². The number of hydrogen-bond donors (Lipinski definition) is 2. The Labute approximate surface area is 98.8 Å². The number of aromatic amines is 1. The normalized spacial score (nSPS) is 10.9. The first-order chi connectivity index (χ1) is 7.65. The van der Waals surface area contributed by atoms with Crippen LogP contribution in [-0.4, -0.2) is 24.4 Å². The predicted octanol–water partition coefficient (Wildman–Crippen LogP) is 2.53. The standard InChI is InChI=1S/C12H13ClN2O/c1-7-11(10(16)6-14-2)8-4-3-5-9(13)12(8)15-7/h3-5,14-15H,6H2,1-2H3. The molecule has 2 N–H and O–H groups in total.